The molecular weight excluding hydrogens is 567 g/mol. The molecule has 9 atom stereocenters. The number of aromatic nitrogens is 8. The Morgan fingerprint density at radius 2 is 1.80 bits per heavy atom. The summed E-state index contributed by atoms with van der Waals surface area (Å²) in [5.41, 5.74) is 13.0. The molecule has 4 aromatic heterocycles. The van der Waals surface area contributed by atoms with Gasteiger partial charge in [0.25, 0.3) is 5.65 Å². The van der Waals surface area contributed by atoms with Crippen molar-refractivity contribution < 1.29 is 48.2 Å². The van der Waals surface area contributed by atoms with Crippen molar-refractivity contribution >= 4 is 41.8 Å². The Morgan fingerprint density at radius 3 is 2.61 bits per heavy atom. The number of hydrogen-bond donors (Lipinski definition) is 8. The summed E-state index contributed by atoms with van der Waals surface area (Å²) in [5.74, 6) is -0.418. The van der Waals surface area contributed by atoms with Crippen molar-refractivity contribution in [1.29, 1.82) is 0 Å². The molecule has 1 saturated heterocycles. The first-order valence-electron chi connectivity index (χ1n) is 12.5. The third-order valence-corrected chi connectivity index (χ3v) is 8.37. The highest BCUT2D eigenvalue weighted by molar-refractivity contribution is 7.47. The minimum atomic E-state index is -4.72. The van der Waals surface area contributed by atoms with E-state index in [1.165, 1.54) is 29.9 Å². The molecule has 2 fully saturated rings. The number of nitrogens with one attached hydrogen (secondary N) is 1. The predicted octanol–water partition coefficient (Wildman–Crippen LogP) is -2.71. The summed E-state index contributed by atoms with van der Waals surface area (Å²) in [7, 11) is -4.72. The Morgan fingerprint density at radius 1 is 1.02 bits per heavy atom. The number of anilines is 2. The van der Waals surface area contributed by atoms with Crippen LogP contribution in [0.4, 0.5) is 11.6 Å². The van der Waals surface area contributed by atoms with E-state index in [1.54, 1.807) is 4.57 Å². The molecule has 1 aliphatic heterocycles. The number of nitrogens with two attached hydrogens (primary N) is 2. The van der Waals surface area contributed by atoms with Crippen LogP contribution in [0.25, 0.3) is 22.3 Å². The molecule has 220 valence electrons. The molecule has 2 aliphatic rings. The monoisotopic (exact) mass is 595 g/mol. The molecule has 19 nitrogen and oxygen atoms in total. The predicted molar refractivity (Wildman–Crippen MR) is 135 cm³/mol. The van der Waals surface area contributed by atoms with E-state index in [1.807, 2.05) is 0 Å². The zero-order valence-electron chi connectivity index (χ0n) is 21.2. The first-order chi connectivity index (χ1) is 19.6. The fraction of sp³-hybridized carbons (Fsp3) is 0.524. The standard InChI is InChI=1S/C21H27N10O9P/c22-17-12-20(27-5-25-17)31(6-28-12)21-16(35)15(34)10(40-21)3-39-41(36,37)38-2-8-1-9(14(33)13(8)32)30-7-29-18(23)11-19(30)26-4-24-11/h4-10,13-16,21,32-35H,1-3H2,(H5,22,23,24,25,26,27,36,37)/p+1/t8?,9-,10-,13-,14+,15-,16-,21-/m1/s1. The van der Waals surface area contributed by atoms with Crippen LogP contribution >= 0.6 is 7.82 Å². The van der Waals surface area contributed by atoms with Crippen molar-refractivity contribution in [2.45, 2.75) is 49.2 Å². The number of rotatable bonds is 8. The van der Waals surface area contributed by atoms with Crippen LogP contribution in [0.15, 0.2) is 25.3 Å². The number of hydrogen-bond acceptors (Lipinski definition) is 15. The van der Waals surface area contributed by atoms with Gasteiger partial charge in [-0.05, 0) is 6.42 Å². The lowest BCUT2D eigenvalue weighted by Crippen LogP contribution is -2.46. The van der Waals surface area contributed by atoms with Gasteiger partial charge in [-0.3, -0.25) is 13.6 Å². The van der Waals surface area contributed by atoms with Crippen molar-refractivity contribution in [3.63, 3.8) is 0 Å². The van der Waals surface area contributed by atoms with Crippen LogP contribution in [0.3, 0.4) is 0 Å². The van der Waals surface area contributed by atoms with Crippen molar-refractivity contribution in [1.82, 2.24) is 34.5 Å². The second-order valence-electron chi connectivity index (χ2n) is 9.87. The van der Waals surface area contributed by atoms with Gasteiger partial charge in [0.2, 0.25) is 12.1 Å². The maximum atomic E-state index is 12.6. The number of aliphatic hydroxyl groups is 4. The van der Waals surface area contributed by atoms with Gasteiger partial charge in [-0.2, -0.15) is 0 Å². The second-order valence-corrected chi connectivity index (χ2v) is 11.3. The molecule has 20 heteroatoms. The van der Waals surface area contributed by atoms with E-state index >= 15 is 0 Å². The van der Waals surface area contributed by atoms with Crippen molar-refractivity contribution in [3.8, 4) is 0 Å². The Balaban J connectivity index is 1.07. The van der Waals surface area contributed by atoms with Crippen LogP contribution in [0, 0.1) is 5.92 Å². The summed E-state index contributed by atoms with van der Waals surface area (Å²) in [4.78, 5) is 33.4. The van der Waals surface area contributed by atoms with Gasteiger partial charge in [0, 0.05) is 5.92 Å². The molecule has 4 aromatic rings. The molecule has 0 amide bonds. The SMILES string of the molecule is Nc1ncnc2c1ncn2[C@@H]1O[C@H](COP(=O)(O)OCC2C[C@@H]([n+]3cnc(N)c4[nH]cnc43)[C@H](O)[C@@H]2O)[C@@H](O)[C@H]1O. The number of ether oxygens (including phenoxy) is 1. The Bertz CT molecular complexity index is 1620. The maximum absolute atomic E-state index is 12.6. The topological polar surface area (TPSA) is 287 Å². The molecule has 6 rings (SSSR count). The zero-order chi connectivity index (χ0) is 29.1. The molecular formula is C21H28N10O9P+. The smallest absolute Gasteiger partial charge is 0.390 e. The van der Waals surface area contributed by atoms with Crippen molar-refractivity contribution in [2.24, 2.45) is 5.92 Å². The van der Waals surface area contributed by atoms with Gasteiger partial charge in [0.15, 0.2) is 29.5 Å². The largest absolute Gasteiger partial charge is 0.472 e. The summed E-state index contributed by atoms with van der Waals surface area (Å²) in [6, 6.07) is -0.670. The second kappa shape index (κ2) is 10.5. The normalized spacial score (nSPS) is 31.7. The van der Waals surface area contributed by atoms with E-state index in [2.05, 4.69) is 29.9 Å². The zero-order valence-corrected chi connectivity index (χ0v) is 22.0. The first kappa shape index (κ1) is 27.8. The number of aliphatic hydroxyl groups excluding tert-OH is 4. The van der Waals surface area contributed by atoms with Gasteiger partial charge in [-0.1, -0.05) is 9.97 Å². The van der Waals surface area contributed by atoms with Gasteiger partial charge >= 0.3 is 7.82 Å². The van der Waals surface area contributed by atoms with Crippen LogP contribution < -0.4 is 16.0 Å². The summed E-state index contributed by atoms with van der Waals surface area (Å²) < 4.78 is 31.4. The first-order valence-corrected chi connectivity index (χ1v) is 14.0. The fourth-order valence-electron chi connectivity index (χ4n) is 5.25. The fourth-order valence-corrected chi connectivity index (χ4v) is 6.04. The van der Waals surface area contributed by atoms with Gasteiger partial charge in [0.1, 0.15) is 42.3 Å². The van der Waals surface area contributed by atoms with E-state index in [-0.39, 0.29) is 29.2 Å². The highest BCUT2D eigenvalue weighted by Gasteiger charge is 2.47. The minimum Gasteiger partial charge on any atom is -0.390 e. The number of aromatic amines is 1. The quantitative estimate of drug-likeness (QED) is 0.0758. The van der Waals surface area contributed by atoms with Crippen molar-refractivity contribution in [3.05, 3.63) is 25.3 Å². The number of phosphoric ester groups is 1. The van der Waals surface area contributed by atoms with Gasteiger partial charge in [0.05, 0.1) is 25.6 Å². The van der Waals surface area contributed by atoms with Crippen LogP contribution in [0.2, 0.25) is 0 Å². The third kappa shape index (κ3) is 4.90. The number of imidazole rings is 2. The lowest BCUT2D eigenvalue weighted by atomic mass is 10.1. The lowest BCUT2D eigenvalue weighted by molar-refractivity contribution is -0.709. The van der Waals surface area contributed by atoms with E-state index in [0.29, 0.717) is 11.2 Å². The molecule has 10 N–H and O–H groups in total. The number of H-pyrrole nitrogens is 1. The third-order valence-electron chi connectivity index (χ3n) is 7.42. The molecule has 0 spiro atoms. The number of fused-ring (bicyclic) bond motifs is 2. The molecule has 41 heavy (non-hydrogen) atoms. The summed E-state index contributed by atoms with van der Waals surface area (Å²) in [6.45, 7) is -1.05. The summed E-state index contributed by atoms with van der Waals surface area (Å²) in [5, 5.41) is 42.3. The lowest BCUT2D eigenvalue weighted by Gasteiger charge is -2.20. The van der Waals surface area contributed by atoms with Gasteiger partial charge in [-0.15, -0.1) is 0 Å². The molecule has 0 aromatic carbocycles. The van der Waals surface area contributed by atoms with E-state index in [9.17, 15) is 29.9 Å². The van der Waals surface area contributed by atoms with Gasteiger partial charge in [-0.25, -0.2) is 24.1 Å². The highest BCUT2D eigenvalue weighted by Crippen LogP contribution is 2.46. The molecule has 2 unspecified atom stereocenters. The number of nitrogen functional groups attached to an aromatic ring is 2. The Hall–Kier alpha value is -3.39. The maximum Gasteiger partial charge on any atom is 0.472 e. The summed E-state index contributed by atoms with van der Waals surface area (Å²) in [6.07, 6.45) is -2.37. The number of phosphoric acid groups is 1. The van der Waals surface area contributed by atoms with E-state index < -0.39 is 69.7 Å². The summed E-state index contributed by atoms with van der Waals surface area (Å²) >= 11 is 0. The minimum absolute atomic E-state index is 0.115. The molecule has 5 heterocycles. The van der Waals surface area contributed by atoms with Crippen LogP contribution in [-0.4, -0.2) is 104 Å². The average Bonchev–Trinajstić information content (AvgIpc) is 3.72. The highest BCUT2D eigenvalue weighted by atomic mass is 31.2. The molecule has 0 bridgehead atoms. The van der Waals surface area contributed by atoms with Gasteiger partial charge < -0.3 is 46.5 Å². The van der Waals surface area contributed by atoms with Crippen molar-refractivity contribution in [2.75, 3.05) is 24.7 Å². The molecule has 0 radical (unpaired) electrons. The Labute approximate surface area is 230 Å². The molecule has 1 aliphatic carbocycles. The van der Waals surface area contributed by atoms with Crippen LogP contribution in [0.5, 0.6) is 0 Å². The number of nitrogens with zero attached hydrogens (tertiary/aromatic N) is 7. The van der Waals surface area contributed by atoms with E-state index in [0.717, 1.165) is 0 Å². The van der Waals surface area contributed by atoms with E-state index in [4.69, 9.17) is 25.3 Å². The average molecular weight is 595 g/mol. The van der Waals surface area contributed by atoms with Crippen LogP contribution in [-0.2, 0) is 18.3 Å². The Kier molecular flexibility index (Phi) is 7.09. The molecule has 1 saturated carbocycles. The van der Waals surface area contributed by atoms with Crippen LogP contribution in [0.1, 0.15) is 18.7 Å².